The molecule has 0 saturated heterocycles. The van der Waals surface area contributed by atoms with Gasteiger partial charge in [-0.15, -0.1) is 0 Å². The molecule has 0 saturated carbocycles. The standard InChI is InChI=1S/C9H11N3S/c1-9(2,3)8-12-6-7(13-8)11-5-4-10-6/h4-5H,1-3H3. The first kappa shape index (κ1) is 8.56. The average Bonchev–Trinajstić information content (AvgIpc) is 2.45. The first-order chi connectivity index (χ1) is 6.07. The highest BCUT2D eigenvalue weighted by Gasteiger charge is 2.19. The third-order valence-electron chi connectivity index (χ3n) is 1.69. The molecule has 68 valence electrons. The molecule has 0 spiro atoms. The molecular formula is C9H11N3S. The molecule has 0 atom stereocenters. The van der Waals surface area contributed by atoms with Crippen LogP contribution in [0, 0.1) is 0 Å². The predicted octanol–water partition coefficient (Wildman–Crippen LogP) is 2.38. The van der Waals surface area contributed by atoms with Crippen molar-refractivity contribution in [3.8, 4) is 0 Å². The molecule has 0 amide bonds. The average molecular weight is 193 g/mol. The van der Waals surface area contributed by atoms with E-state index < -0.39 is 0 Å². The molecular weight excluding hydrogens is 182 g/mol. The Hall–Kier alpha value is -1.03. The van der Waals surface area contributed by atoms with Gasteiger partial charge in [0.2, 0.25) is 0 Å². The van der Waals surface area contributed by atoms with Gasteiger partial charge in [0, 0.05) is 17.8 Å². The van der Waals surface area contributed by atoms with Crippen LogP contribution < -0.4 is 0 Å². The molecule has 3 nitrogen and oxygen atoms in total. The van der Waals surface area contributed by atoms with Gasteiger partial charge in [0.05, 0.1) is 0 Å². The van der Waals surface area contributed by atoms with Crippen molar-refractivity contribution in [2.45, 2.75) is 26.2 Å². The van der Waals surface area contributed by atoms with Gasteiger partial charge >= 0.3 is 0 Å². The second kappa shape index (κ2) is 2.73. The molecule has 0 radical (unpaired) electrons. The Morgan fingerprint density at radius 1 is 1.15 bits per heavy atom. The van der Waals surface area contributed by atoms with Gasteiger partial charge in [-0.25, -0.2) is 15.0 Å². The number of thiazole rings is 1. The fourth-order valence-corrected chi connectivity index (χ4v) is 1.92. The molecule has 0 aliphatic carbocycles. The molecule has 0 aliphatic heterocycles. The van der Waals surface area contributed by atoms with E-state index in [4.69, 9.17) is 0 Å². The third-order valence-corrected chi connectivity index (χ3v) is 3.07. The Kier molecular flexibility index (Phi) is 1.80. The smallest absolute Gasteiger partial charge is 0.189 e. The second-order valence-corrected chi connectivity index (χ2v) is 4.93. The highest BCUT2D eigenvalue weighted by Crippen LogP contribution is 2.28. The lowest BCUT2D eigenvalue weighted by atomic mass is 9.98. The van der Waals surface area contributed by atoms with Crippen molar-refractivity contribution in [2.75, 3.05) is 0 Å². The first-order valence-electron chi connectivity index (χ1n) is 4.15. The molecule has 2 aromatic rings. The van der Waals surface area contributed by atoms with E-state index in [1.807, 2.05) is 0 Å². The summed E-state index contributed by atoms with van der Waals surface area (Å²) >= 11 is 1.62. The van der Waals surface area contributed by atoms with Gasteiger partial charge in [0.15, 0.2) is 10.5 Å². The van der Waals surface area contributed by atoms with Crippen LogP contribution in [-0.4, -0.2) is 15.0 Å². The summed E-state index contributed by atoms with van der Waals surface area (Å²) in [7, 11) is 0. The summed E-state index contributed by atoms with van der Waals surface area (Å²) in [4.78, 5) is 13.7. The van der Waals surface area contributed by atoms with E-state index in [2.05, 4.69) is 35.7 Å². The molecule has 0 fully saturated rings. The number of fused-ring (bicyclic) bond motifs is 1. The number of rotatable bonds is 0. The fourth-order valence-electron chi connectivity index (χ4n) is 0.998. The number of nitrogens with zero attached hydrogens (tertiary/aromatic N) is 3. The summed E-state index contributed by atoms with van der Waals surface area (Å²) < 4.78 is 0. The summed E-state index contributed by atoms with van der Waals surface area (Å²) in [5, 5.41) is 1.09. The zero-order valence-electron chi connectivity index (χ0n) is 7.90. The van der Waals surface area contributed by atoms with Gasteiger partial charge in [-0.1, -0.05) is 32.1 Å². The van der Waals surface area contributed by atoms with Crippen LogP contribution in [0.15, 0.2) is 12.4 Å². The van der Waals surface area contributed by atoms with Crippen LogP contribution in [0.4, 0.5) is 0 Å². The summed E-state index contributed by atoms with van der Waals surface area (Å²) in [6.45, 7) is 6.43. The summed E-state index contributed by atoms with van der Waals surface area (Å²) in [5.74, 6) is 0. The molecule has 0 bridgehead atoms. The summed E-state index contributed by atoms with van der Waals surface area (Å²) in [6, 6.07) is 0. The van der Waals surface area contributed by atoms with Gasteiger partial charge in [0.25, 0.3) is 0 Å². The van der Waals surface area contributed by atoms with Crippen LogP contribution >= 0.6 is 11.3 Å². The Balaban J connectivity index is 2.63. The lowest BCUT2D eigenvalue weighted by Gasteiger charge is -2.12. The van der Waals surface area contributed by atoms with E-state index in [0.717, 1.165) is 15.5 Å². The van der Waals surface area contributed by atoms with Crippen LogP contribution in [0.25, 0.3) is 10.5 Å². The van der Waals surface area contributed by atoms with Crippen molar-refractivity contribution in [2.24, 2.45) is 0 Å². The van der Waals surface area contributed by atoms with E-state index in [9.17, 15) is 0 Å². The van der Waals surface area contributed by atoms with Crippen molar-refractivity contribution >= 4 is 21.8 Å². The Morgan fingerprint density at radius 2 is 1.85 bits per heavy atom. The number of aromatic nitrogens is 3. The molecule has 2 rings (SSSR count). The minimum absolute atomic E-state index is 0.0903. The zero-order chi connectivity index (χ0) is 9.47. The Bertz CT molecular complexity index is 395. The molecule has 0 aliphatic rings. The molecule has 0 aromatic carbocycles. The monoisotopic (exact) mass is 193 g/mol. The molecule has 4 heteroatoms. The number of hydrogen-bond donors (Lipinski definition) is 0. The van der Waals surface area contributed by atoms with Crippen molar-refractivity contribution < 1.29 is 0 Å². The van der Waals surface area contributed by atoms with E-state index in [-0.39, 0.29) is 5.41 Å². The summed E-state index contributed by atoms with van der Waals surface area (Å²) in [5.41, 5.74) is 0.852. The van der Waals surface area contributed by atoms with Crippen LogP contribution in [0.1, 0.15) is 25.8 Å². The molecule has 0 N–H and O–H groups in total. The highest BCUT2D eigenvalue weighted by molar-refractivity contribution is 7.18. The maximum Gasteiger partial charge on any atom is 0.189 e. The molecule has 2 heterocycles. The quantitative estimate of drug-likeness (QED) is 0.644. The van der Waals surface area contributed by atoms with Crippen LogP contribution in [0.5, 0.6) is 0 Å². The van der Waals surface area contributed by atoms with Gasteiger partial charge in [0.1, 0.15) is 5.01 Å². The lowest BCUT2D eigenvalue weighted by molar-refractivity contribution is 0.586. The molecule has 0 unspecified atom stereocenters. The zero-order valence-corrected chi connectivity index (χ0v) is 8.72. The minimum Gasteiger partial charge on any atom is -0.240 e. The lowest BCUT2D eigenvalue weighted by Crippen LogP contribution is -2.09. The maximum atomic E-state index is 4.43. The Morgan fingerprint density at radius 3 is 2.46 bits per heavy atom. The molecule has 13 heavy (non-hydrogen) atoms. The van der Waals surface area contributed by atoms with Gasteiger partial charge in [-0.3, -0.25) is 0 Å². The Labute approximate surface area is 80.9 Å². The largest absolute Gasteiger partial charge is 0.240 e. The third kappa shape index (κ3) is 1.54. The van der Waals surface area contributed by atoms with Crippen LogP contribution in [0.2, 0.25) is 0 Å². The van der Waals surface area contributed by atoms with Crippen LogP contribution in [0.3, 0.4) is 0 Å². The molecule has 2 aromatic heterocycles. The minimum atomic E-state index is 0.0903. The summed E-state index contributed by atoms with van der Waals surface area (Å²) in [6.07, 6.45) is 3.38. The van der Waals surface area contributed by atoms with E-state index in [0.29, 0.717) is 0 Å². The number of hydrogen-bond acceptors (Lipinski definition) is 4. The fraction of sp³-hybridized carbons (Fsp3) is 0.444. The van der Waals surface area contributed by atoms with Crippen molar-refractivity contribution in [3.63, 3.8) is 0 Å². The van der Waals surface area contributed by atoms with Crippen LogP contribution in [-0.2, 0) is 5.41 Å². The van der Waals surface area contributed by atoms with E-state index >= 15 is 0 Å². The normalized spacial score (nSPS) is 12.2. The second-order valence-electron chi connectivity index (χ2n) is 3.95. The van der Waals surface area contributed by atoms with Crippen molar-refractivity contribution in [1.82, 2.24) is 15.0 Å². The topological polar surface area (TPSA) is 38.7 Å². The van der Waals surface area contributed by atoms with E-state index in [1.54, 1.807) is 23.7 Å². The van der Waals surface area contributed by atoms with Crippen molar-refractivity contribution in [3.05, 3.63) is 17.4 Å². The van der Waals surface area contributed by atoms with E-state index in [1.165, 1.54) is 0 Å². The maximum absolute atomic E-state index is 4.43. The highest BCUT2D eigenvalue weighted by atomic mass is 32.1. The first-order valence-corrected chi connectivity index (χ1v) is 4.97. The van der Waals surface area contributed by atoms with Gasteiger partial charge < -0.3 is 0 Å². The van der Waals surface area contributed by atoms with Gasteiger partial charge in [-0.2, -0.15) is 0 Å². The predicted molar refractivity (Wildman–Crippen MR) is 53.9 cm³/mol. The van der Waals surface area contributed by atoms with Gasteiger partial charge in [-0.05, 0) is 0 Å². The SMILES string of the molecule is CC(C)(C)c1nc2nccnc2s1. The van der Waals surface area contributed by atoms with Crippen molar-refractivity contribution in [1.29, 1.82) is 0 Å².